The van der Waals surface area contributed by atoms with E-state index in [1.54, 1.807) is 23.1 Å². The summed E-state index contributed by atoms with van der Waals surface area (Å²) in [7, 11) is 1.48. The SMILES string of the molecule is COc1c(F)ccc2c1CC[C@H]2Nc1nc(C)cc2cc(-c3c4c(nc(CCc5ccc(F)cc5)c3-c3n[nH]c(=O)o3)[C@H]3COCCN3C4=O)sc12. The van der Waals surface area contributed by atoms with Crippen LogP contribution in [0.5, 0.6) is 5.75 Å². The van der Waals surface area contributed by atoms with Crippen molar-refractivity contribution in [3.63, 3.8) is 0 Å². The minimum absolute atomic E-state index is 0.0205. The average Bonchev–Trinajstić information content (AvgIpc) is 3.93. The number of H-pyrrole nitrogens is 1. The molecule has 1 aliphatic carbocycles. The average molecular weight is 723 g/mol. The topological polar surface area (TPSA) is 135 Å². The lowest BCUT2D eigenvalue weighted by atomic mass is 9.93. The Bertz CT molecular complexity index is 2460. The zero-order valence-corrected chi connectivity index (χ0v) is 29.0. The Labute approximate surface area is 299 Å². The van der Waals surface area contributed by atoms with E-state index in [-0.39, 0.29) is 41.3 Å². The molecule has 2 atom stereocenters. The lowest BCUT2D eigenvalue weighted by molar-refractivity contribution is 0.00352. The summed E-state index contributed by atoms with van der Waals surface area (Å²) in [6.07, 6.45) is 2.29. The van der Waals surface area contributed by atoms with Crippen LogP contribution in [0.4, 0.5) is 14.6 Å². The van der Waals surface area contributed by atoms with Crippen LogP contribution in [0.3, 0.4) is 0 Å². The van der Waals surface area contributed by atoms with Crippen molar-refractivity contribution in [2.75, 3.05) is 32.2 Å². The predicted octanol–water partition coefficient (Wildman–Crippen LogP) is 6.71. The van der Waals surface area contributed by atoms with E-state index in [0.29, 0.717) is 72.9 Å². The van der Waals surface area contributed by atoms with E-state index in [1.165, 1.54) is 36.6 Å². The number of methoxy groups -OCH3 is 1. The zero-order valence-electron chi connectivity index (χ0n) is 28.2. The number of rotatable bonds is 8. The first kappa shape index (κ1) is 32.4. The number of nitrogens with zero attached hydrogens (tertiary/aromatic N) is 4. The van der Waals surface area contributed by atoms with Crippen LogP contribution in [0.2, 0.25) is 0 Å². The molecule has 2 aromatic carbocycles. The van der Waals surface area contributed by atoms with Crippen molar-refractivity contribution in [2.45, 2.75) is 44.7 Å². The van der Waals surface area contributed by atoms with Crippen molar-refractivity contribution in [1.82, 2.24) is 25.1 Å². The van der Waals surface area contributed by atoms with Gasteiger partial charge in [-0.15, -0.1) is 16.4 Å². The van der Waals surface area contributed by atoms with Gasteiger partial charge in [0.15, 0.2) is 11.6 Å². The van der Waals surface area contributed by atoms with E-state index < -0.39 is 5.76 Å². The summed E-state index contributed by atoms with van der Waals surface area (Å²) >= 11 is 1.46. The molecule has 1 amide bonds. The molecule has 4 aromatic heterocycles. The van der Waals surface area contributed by atoms with Gasteiger partial charge in [-0.25, -0.2) is 23.7 Å². The molecule has 0 unspecified atom stereocenters. The molecule has 6 aromatic rings. The Morgan fingerprint density at radius 3 is 2.69 bits per heavy atom. The molecule has 2 N–H and O–H groups in total. The third-order valence-corrected chi connectivity index (χ3v) is 11.3. The van der Waals surface area contributed by atoms with Gasteiger partial charge in [0.05, 0.1) is 59.6 Å². The van der Waals surface area contributed by atoms with Gasteiger partial charge >= 0.3 is 5.76 Å². The number of ether oxygens (including phenoxy) is 2. The number of morpholine rings is 1. The maximum Gasteiger partial charge on any atom is 0.434 e. The van der Waals surface area contributed by atoms with Gasteiger partial charge in [0, 0.05) is 28.2 Å². The van der Waals surface area contributed by atoms with Gasteiger partial charge in [-0.3, -0.25) is 9.78 Å². The fourth-order valence-electron chi connectivity index (χ4n) is 7.82. The summed E-state index contributed by atoms with van der Waals surface area (Å²) in [5.74, 6) is -0.669. The quantitative estimate of drug-likeness (QED) is 0.176. The van der Waals surface area contributed by atoms with Crippen LogP contribution in [-0.4, -0.2) is 57.8 Å². The molecule has 0 saturated carbocycles. The van der Waals surface area contributed by atoms with Gasteiger partial charge in [0.25, 0.3) is 11.8 Å². The first-order valence-electron chi connectivity index (χ1n) is 17.1. The number of aryl methyl sites for hydroxylation is 3. The van der Waals surface area contributed by atoms with Crippen LogP contribution in [0.25, 0.3) is 32.0 Å². The van der Waals surface area contributed by atoms with Gasteiger partial charge in [-0.2, -0.15) is 0 Å². The van der Waals surface area contributed by atoms with Gasteiger partial charge in [-0.1, -0.05) is 18.2 Å². The smallest absolute Gasteiger partial charge is 0.434 e. The second-order valence-electron chi connectivity index (χ2n) is 13.2. The summed E-state index contributed by atoms with van der Waals surface area (Å²) in [6.45, 7) is 3.06. The Morgan fingerprint density at radius 2 is 1.90 bits per heavy atom. The van der Waals surface area contributed by atoms with Crippen molar-refractivity contribution >= 4 is 33.1 Å². The van der Waals surface area contributed by atoms with Crippen LogP contribution in [0.1, 0.15) is 62.6 Å². The maximum absolute atomic E-state index is 14.5. The highest BCUT2D eigenvalue weighted by atomic mass is 32.1. The predicted molar refractivity (Wildman–Crippen MR) is 190 cm³/mol. The number of amides is 1. The molecular formula is C38H32F2N6O5S. The summed E-state index contributed by atoms with van der Waals surface area (Å²) in [5, 5.41) is 11.2. The number of nitrogens with one attached hydrogen (secondary N) is 2. The number of halogens is 2. The molecule has 0 radical (unpaired) electrons. The van der Waals surface area contributed by atoms with E-state index in [2.05, 4.69) is 15.5 Å². The summed E-state index contributed by atoms with van der Waals surface area (Å²) in [5.41, 5.74) is 6.12. The summed E-state index contributed by atoms with van der Waals surface area (Å²) in [4.78, 5) is 39.3. The van der Waals surface area contributed by atoms with Gasteiger partial charge in [0.2, 0.25) is 0 Å². The number of hydrogen-bond acceptors (Lipinski definition) is 10. The minimum Gasteiger partial charge on any atom is -0.493 e. The molecule has 264 valence electrons. The van der Waals surface area contributed by atoms with Crippen molar-refractivity contribution in [2.24, 2.45) is 0 Å². The number of carbonyl (C=O) groups excluding carboxylic acids is 1. The third-order valence-electron chi connectivity index (χ3n) is 10.1. The van der Waals surface area contributed by atoms with E-state index in [9.17, 15) is 18.4 Å². The fraction of sp³-hybridized carbons (Fsp3) is 0.289. The second kappa shape index (κ2) is 12.6. The number of thiophene rings is 1. The molecule has 1 fully saturated rings. The Balaban J connectivity index is 1.22. The summed E-state index contributed by atoms with van der Waals surface area (Å²) < 4.78 is 46.0. The molecule has 14 heteroatoms. The zero-order chi connectivity index (χ0) is 35.7. The number of aromatic nitrogens is 4. The van der Waals surface area contributed by atoms with Gasteiger partial charge in [0.1, 0.15) is 11.6 Å². The fourth-order valence-corrected chi connectivity index (χ4v) is 8.97. The van der Waals surface area contributed by atoms with Crippen molar-refractivity contribution in [3.05, 3.63) is 110 Å². The highest BCUT2D eigenvalue weighted by Crippen LogP contribution is 2.49. The Morgan fingerprint density at radius 1 is 1.06 bits per heavy atom. The molecule has 0 bridgehead atoms. The normalized spacial score (nSPS) is 17.8. The van der Waals surface area contributed by atoms with Crippen LogP contribution in [0, 0.1) is 18.6 Å². The molecule has 2 aliphatic heterocycles. The lowest BCUT2D eigenvalue weighted by Gasteiger charge is -2.29. The number of fused-ring (bicyclic) bond motifs is 5. The highest BCUT2D eigenvalue weighted by molar-refractivity contribution is 7.23. The number of carbonyl (C=O) groups is 1. The highest BCUT2D eigenvalue weighted by Gasteiger charge is 2.44. The number of benzene rings is 2. The van der Waals surface area contributed by atoms with Crippen molar-refractivity contribution < 1.29 is 27.5 Å². The van der Waals surface area contributed by atoms with Crippen LogP contribution in [0.15, 0.2) is 57.7 Å². The van der Waals surface area contributed by atoms with Crippen LogP contribution in [-0.2, 0) is 24.0 Å². The molecule has 1 saturated heterocycles. The number of aromatic amines is 1. The Kier molecular flexibility index (Phi) is 7.88. The Hall–Kier alpha value is -5.47. The van der Waals surface area contributed by atoms with Crippen molar-refractivity contribution in [1.29, 1.82) is 0 Å². The van der Waals surface area contributed by atoms with Crippen molar-refractivity contribution in [3.8, 4) is 27.6 Å². The molecule has 0 spiro atoms. The number of pyridine rings is 2. The first-order valence-corrected chi connectivity index (χ1v) is 17.9. The van der Waals surface area contributed by atoms with Gasteiger partial charge < -0.3 is 24.1 Å². The van der Waals surface area contributed by atoms with Crippen LogP contribution >= 0.6 is 11.3 Å². The molecular weight excluding hydrogens is 691 g/mol. The second-order valence-corrected chi connectivity index (χ2v) is 14.3. The lowest BCUT2D eigenvalue weighted by Crippen LogP contribution is -2.38. The van der Waals surface area contributed by atoms with E-state index in [4.69, 9.17) is 23.9 Å². The standard InChI is InChI=1S/C38H32F2N6O5S/c1-18-15-20-16-28(52-34(20)35(41-18)43-25-12-9-23-22(25)8-10-24(40)33(23)49-2)30-29(36-44-45-38(48)51-36)26(11-5-19-3-6-21(39)7-4-19)42-32-27-17-50-14-13-46(27)37(47)31(30)32/h3-4,6-8,10,15-16,25,27H,5,9,11-14,17H2,1-2H3,(H,41,43)(H,45,48)/t25-,27-/m1/s1. The largest absolute Gasteiger partial charge is 0.493 e. The van der Waals surface area contributed by atoms with Crippen LogP contribution < -0.4 is 15.8 Å². The molecule has 6 heterocycles. The first-order chi connectivity index (χ1) is 25.3. The third kappa shape index (κ3) is 5.35. The summed E-state index contributed by atoms with van der Waals surface area (Å²) in [6, 6.07) is 13.0. The maximum atomic E-state index is 14.5. The van der Waals surface area contributed by atoms with Gasteiger partial charge in [-0.05, 0) is 79.5 Å². The minimum atomic E-state index is -0.737. The monoisotopic (exact) mass is 722 g/mol. The van der Waals surface area contributed by atoms with E-state index >= 15 is 0 Å². The number of hydrogen-bond donors (Lipinski definition) is 2. The van der Waals surface area contributed by atoms with E-state index in [0.717, 1.165) is 43.8 Å². The molecule has 52 heavy (non-hydrogen) atoms. The molecule has 3 aliphatic rings. The number of anilines is 1. The van der Waals surface area contributed by atoms with E-state index in [1.807, 2.05) is 19.1 Å². The molecule has 11 nitrogen and oxygen atoms in total. The molecule has 9 rings (SSSR count).